The van der Waals surface area contributed by atoms with E-state index in [2.05, 4.69) is 124 Å². The molecule has 0 fully saturated rings. The van der Waals surface area contributed by atoms with E-state index in [-0.39, 0.29) is 0 Å². The zero-order valence-corrected chi connectivity index (χ0v) is 30.5. The third-order valence-electron chi connectivity index (χ3n) is 11.1. The Hall–Kier alpha value is -7.83. The number of para-hydroxylation sites is 3. The van der Waals surface area contributed by atoms with E-state index in [4.69, 9.17) is 19.4 Å². The quantitative estimate of drug-likeness (QED) is 0.177. The highest BCUT2D eigenvalue weighted by atomic mass is 16.3. The summed E-state index contributed by atoms with van der Waals surface area (Å²) in [6, 6.07) is 65.5. The van der Waals surface area contributed by atoms with Gasteiger partial charge in [-0.25, -0.2) is 15.0 Å². The maximum atomic E-state index is 6.43. The van der Waals surface area contributed by atoms with Gasteiger partial charge in [-0.1, -0.05) is 133 Å². The van der Waals surface area contributed by atoms with E-state index in [9.17, 15) is 0 Å². The zero-order valence-electron chi connectivity index (χ0n) is 30.5. The molecule has 6 heteroatoms. The number of nitrogens with zero attached hydrogens (tertiary/aromatic N) is 5. The van der Waals surface area contributed by atoms with Crippen LogP contribution in [0.1, 0.15) is 0 Å². The van der Waals surface area contributed by atoms with Crippen molar-refractivity contribution >= 4 is 65.6 Å². The molecule has 4 heterocycles. The Morgan fingerprint density at radius 2 is 0.930 bits per heavy atom. The summed E-state index contributed by atoms with van der Waals surface area (Å²) in [6.07, 6.45) is 0. The first-order valence-electron chi connectivity index (χ1n) is 19.1. The molecule has 0 aliphatic heterocycles. The highest BCUT2D eigenvalue weighted by molar-refractivity contribution is 6.27. The molecular formula is C51H31N5O. The van der Waals surface area contributed by atoms with Crippen LogP contribution < -0.4 is 0 Å². The molecule has 0 N–H and O–H groups in total. The van der Waals surface area contributed by atoms with Crippen LogP contribution in [-0.2, 0) is 0 Å². The van der Waals surface area contributed by atoms with Gasteiger partial charge in [0.05, 0.1) is 22.1 Å². The van der Waals surface area contributed by atoms with E-state index < -0.39 is 0 Å². The van der Waals surface area contributed by atoms with E-state index in [0.717, 1.165) is 77.5 Å². The van der Waals surface area contributed by atoms with E-state index in [1.54, 1.807) is 0 Å². The lowest BCUT2D eigenvalue weighted by molar-refractivity contribution is 0.669. The smallest absolute Gasteiger partial charge is 0.164 e. The van der Waals surface area contributed by atoms with Crippen molar-refractivity contribution in [3.8, 4) is 45.5 Å². The second kappa shape index (κ2) is 12.3. The van der Waals surface area contributed by atoms with Gasteiger partial charge in [-0.2, -0.15) is 0 Å². The molecule has 0 atom stereocenters. The first kappa shape index (κ1) is 31.5. The second-order valence-electron chi connectivity index (χ2n) is 14.4. The molecule has 0 unspecified atom stereocenters. The van der Waals surface area contributed by atoms with E-state index in [0.29, 0.717) is 17.5 Å². The molecule has 12 aromatic rings. The van der Waals surface area contributed by atoms with Crippen LogP contribution in [0.5, 0.6) is 0 Å². The van der Waals surface area contributed by atoms with Crippen molar-refractivity contribution in [3.63, 3.8) is 0 Å². The number of aromatic nitrogens is 5. The predicted molar refractivity (Wildman–Crippen MR) is 232 cm³/mol. The molecule has 0 aliphatic rings. The van der Waals surface area contributed by atoms with Gasteiger partial charge < -0.3 is 13.6 Å². The summed E-state index contributed by atoms with van der Waals surface area (Å²) in [5, 5.41) is 6.92. The maximum Gasteiger partial charge on any atom is 0.164 e. The molecule has 6 nitrogen and oxygen atoms in total. The van der Waals surface area contributed by atoms with Crippen molar-refractivity contribution in [1.29, 1.82) is 0 Å². The lowest BCUT2D eigenvalue weighted by Crippen LogP contribution is -2.01. The van der Waals surface area contributed by atoms with Crippen LogP contribution in [-0.4, -0.2) is 24.1 Å². The summed E-state index contributed by atoms with van der Waals surface area (Å²) in [4.78, 5) is 15.0. The molecule has 0 spiro atoms. The Labute approximate surface area is 326 Å². The standard InChI is InChI=1S/C51H31N5O/c1-4-15-32(16-5-1)49-52-50(33-17-6-2-7-18-33)54-51(53-49)34-19-14-22-36(29-34)55-42-25-12-10-24-39(42)47-43(55)28-27-38-40-31-46-41(37-23-11-13-26-45(37)57-46)30-44(40)56(48(38)47)35-20-8-3-9-21-35/h1-31H. The summed E-state index contributed by atoms with van der Waals surface area (Å²) in [7, 11) is 0. The predicted octanol–water partition coefficient (Wildman–Crippen LogP) is 13.0. The molecule has 0 bridgehead atoms. The lowest BCUT2D eigenvalue weighted by atomic mass is 10.1. The fourth-order valence-corrected chi connectivity index (χ4v) is 8.62. The van der Waals surface area contributed by atoms with Gasteiger partial charge >= 0.3 is 0 Å². The molecule has 0 saturated carbocycles. The van der Waals surface area contributed by atoms with E-state index in [1.807, 2.05) is 72.8 Å². The minimum atomic E-state index is 0.619. The Bertz CT molecular complexity index is 3450. The molecule has 0 amide bonds. The summed E-state index contributed by atoms with van der Waals surface area (Å²) >= 11 is 0. The summed E-state index contributed by atoms with van der Waals surface area (Å²) in [5.74, 6) is 1.89. The van der Waals surface area contributed by atoms with E-state index >= 15 is 0 Å². The third-order valence-corrected chi connectivity index (χ3v) is 11.1. The topological polar surface area (TPSA) is 61.7 Å². The molecule has 12 rings (SSSR count). The van der Waals surface area contributed by atoms with Crippen molar-refractivity contribution < 1.29 is 4.42 Å². The monoisotopic (exact) mass is 729 g/mol. The fraction of sp³-hybridized carbons (Fsp3) is 0. The normalized spacial score (nSPS) is 11.9. The van der Waals surface area contributed by atoms with Gasteiger partial charge in [-0.05, 0) is 54.6 Å². The van der Waals surface area contributed by atoms with Gasteiger partial charge in [0, 0.05) is 60.4 Å². The van der Waals surface area contributed by atoms with Crippen LogP contribution >= 0.6 is 0 Å². The average Bonchev–Trinajstić information content (AvgIpc) is 3.93. The van der Waals surface area contributed by atoms with E-state index in [1.165, 1.54) is 16.2 Å². The summed E-state index contributed by atoms with van der Waals surface area (Å²) < 4.78 is 11.2. The first-order chi connectivity index (χ1) is 28.3. The Morgan fingerprint density at radius 1 is 0.333 bits per heavy atom. The molecule has 8 aromatic carbocycles. The van der Waals surface area contributed by atoms with Gasteiger partial charge in [-0.15, -0.1) is 0 Å². The number of hydrogen-bond donors (Lipinski definition) is 0. The van der Waals surface area contributed by atoms with Crippen molar-refractivity contribution in [2.75, 3.05) is 0 Å². The van der Waals surface area contributed by atoms with Gasteiger partial charge in [0.2, 0.25) is 0 Å². The van der Waals surface area contributed by atoms with Crippen LogP contribution in [0.2, 0.25) is 0 Å². The van der Waals surface area contributed by atoms with Crippen molar-refractivity contribution in [2.24, 2.45) is 0 Å². The summed E-state index contributed by atoms with van der Waals surface area (Å²) in [5.41, 5.74) is 11.2. The van der Waals surface area contributed by atoms with Crippen molar-refractivity contribution in [1.82, 2.24) is 24.1 Å². The maximum absolute atomic E-state index is 6.43. The van der Waals surface area contributed by atoms with Gasteiger partial charge in [-0.3, -0.25) is 0 Å². The number of furan rings is 1. The zero-order chi connectivity index (χ0) is 37.5. The number of hydrogen-bond acceptors (Lipinski definition) is 4. The second-order valence-corrected chi connectivity index (χ2v) is 14.4. The minimum Gasteiger partial charge on any atom is -0.456 e. The Kier molecular flexibility index (Phi) is 6.83. The van der Waals surface area contributed by atoms with Gasteiger partial charge in [0.1, 0.15) is 11.2 Å². The van der Waals surface area contributed by atoms with Crippen LogP contribution in [0.4, 0.5) is 0 Å². The van der Waals surface area contributed by atoms with Crippen LogP contribution in [0, 0.1) is 0 Å². The molecule has 0 saturated heterocycles. The minimum absolute atomic E-state index is 0.619. The van der Waals surface area contributed by atoms with Crippen LogP contribution in [0.25, 0.3) is 111 Å². The van der Waals surface area contributed by atoms with Crippen molar-refractivity contribution in [3.05, 3.63) is 188 Å². The molecule has 0 aliphatic carbocycles. The lowest BCUT2D eigenvalue weighted by Gasteiger charge is -2.12. The summed E-state index contributed by atoms with van der Waals surface area (Å²) in [6.45, 7) is 0. The van der Waals surface area contributed by atoms with Crippen molar-refractivity contribution in [2.45, 2.75) is 0 Å². The van der Waals surface area contributed by atoms with Gasteiger partial charge in [0.25, 0.3) is 0 Å². The largest absolute Gasteiger partial charge is 0.456 e. The first-order valence-corrected chi connectivity index (χ1v) is 19.1. The molecule has 57 heavy (non-hydrogen) atoms. The fourth-order valence-electron chi connectivity index (χ4n) is 8.62. The highest BCUT2D eigenvalue weighted by Gasteiger charge is 2.23. The SMILES string of the molecule is c1ccc(-c2nc(-c3ccccc3)nc(-c3cccc(-n4c5ccccc5c5c4ccc4c6cc7oc8ccccc8c7cc6n(-c6ccccc6)c45)c3)n2)cc1. The average molecular weight is 730 g/mol. The molecule has 266 valence electrons. The Morgan fingerprint density at radius 3 is 1.67 bits per heavy atom. The molecular weight excluding hydrogens is 699 g/mol. The molecule has 4 aromatic heterocycles. The number of benzene rings is 8. The number of fused-ring (bicyclic) bond motifs is 10. The number of rotatable bonds is 5. The van der Waals surface area contributed by atoms with Gasteiger partial charge in [0.15, 0.2) is 17.5 Å². The van der Waals surface area contributed by atoms with Crippen LogP contribution in [0.15, 0.2) is 192 Å². The third kappa shape index (κ3) is 4.87. The van der Waals surface area contributed by atoms with Crippen LogP contribution in [0.3, 0.4) is 0 Å². The highest BCUT2D eigenvalue weighted by Crippen LogP contribution is 2.44. The molecule has 0 radical (unpaired) electrons. The Balaban J connectivity index is 1.13.